The number of phenolic OH excluding ortho intramolecular Hbond substituents is 1. The quantitative estimate of drug-likeness (QED) is 0.897. The molecule has 1 fully saturated rings. The lowest BCUT2D eigenvalue weighted by Crippen LogP contribution is -2.40. The lowest BCUT2D eigenvalue weighted by molar-refractivity contribution is 0.0690. The van der Waals surface area contributed by atoms with Crippen LogP contribution in [0.25, 0.3) is 0 Å². The van der Waals surface area contributed by atoms with Gasteiger partial charge in [-0.2, -0.15) is 0 Å². The molecule has 0 unspecified atom stereocenters. The summed E-state index contributed by atoms with van der Waals surface area (Å²) >= 11 is 6.04. The fraction of sp³-hybridized carbons (Fsp3) is 0.533. The zero-order chi connectivity index (χ0) is 14.5. The number of nitrogens with zero attached hydrogens (tertiary/aromatic N) is 1. The second kappa shape index (κ2) is 6.95. The van der Waals surface area contributed by atoms with Gasteiger partial charge in [0, 0.05) is 13.1 Å². The molecular weight excluding hydrogens is 276 g/mol. The second-order valence-corrected chi connectivity index (χ2v) is 5.61. The van der Waals surface area contributed by atoms with Crippen LogP contribution in [0.3, 0.4) is 0 Å². The number of rotatable bonds is 4. The van der Waals surface area contributed by atoms with Crippen molar-refractivity contribution in [2.24, 2.45) is 5.92 Å². The minimum atomic E-state index is -0.0900. The van der Waals surface area contributed by atoms with Gasteiger partial charge in [-0.05, 0) is 50.0 Å². The predicted molar refractivity (Wildman–Crippen MR) is 80.3 cm³/mol. The van der Waals surface area contributed by atoms with Gasteiger partial charge in [-0.25, -0.2) is 0 Å². The van der Waals surface area contributed by atoms with Crippen LogP contribution in [-0.4, -0.2) is 42.1 Å². The minimum Gasteiger partial charge on any atom is -0.508 e. The van der Waals surface area contributed by atoms with Gasteiger partial charge >= 0.3 is 0 Å². The fourth-order valence-electron chi connectivity index (χ4n) is 2.54. The number of nitrogens with one attached hydrogen (secondary N) is 1. The molecule has 4 nitrogen and oxygen atoms in total. The van der Waals surface area contributed by atoms with Crippen LogP contribution in [0, 0.1) is 5.92 Å². The molecule has 0 bridgehead atoms. The van der Waals surface area contributed by atoms with Crippen LogP contribution < -0.4 is 5.32 Å². The molecule has 1 aromatic rings. The SMILES string of the molecule is CCNCC1CCN(C(=O)c2cc(O)ccc2Cl)CC1. The summed E-state index contributed by atoms with van der Waals surface area (Å²) in [6.07, 6.45) is 2.02. The smallest absolute Gasteiger partial charge is 0.255 e. The first kappa shape index (κ1) is 15.1. The Morgan fingerprint density at radius 1 is 1.45 bits per heavy atom. The first-order valence-corrected chi connectivity index (χ1v) is 7.48. The van der Waals surface area contributed by atoms with Crippen molar-refractivity contribution in [3.8, 4) is 5.75 Å². The van der Waals surface area contributed by atoms with Crippen molar-refractivity contribution in [2.45, 2.75) is 19.8 Å². The van der Waals surface area contributed by atoms with Gasteiger partial charge < -0.3 is 15.3 Å². The predicted octanol–water partition coefficient (Wildman–Crippen LogP) is 2.51. The van der Waals surface area contributed by atoms with E-state index in [-0.39, 0.29) is 11.7 Å². The minimum absolute atomic E-state index is 0.0692. The van der Waals surface area contributed by atoms with E-state index in [1.807, 2.05) is 4.90 Å². The molecular formula is C15H21ClN2O2. The molecule has 0 saturated carbocycles. The lowest BCUT2D eigenvalue weighted by atomic mass is 9.96. The number of likely N-dealkylation sites (tertiary alicyclic amines) is 1. The first-order chi connectivity index (χ1) is 9.61. The van der Waals surface area contributed by atoms with Crippen LogP contribution in [0.4, 0.5) is 0 Å². The van der Waals surface area contributed by atoms with E-state index >= 15 is 0 Å². The van der Waals surface area contributed by atoms with Gasteiger partial charge in [-0.15, -0.1) is 0 Å². The van der Waals surface area contributed by atoms with E-state index in [9.17, 15) is 9.90 Å². The summed E-state index contributed by atoms with van der Waals surface area (Å²) in [7, 11) is 0. The van der Waals surface area contributed by atoms with E-state index in [0.29, 0.717) is 16.5 Å². The zero-order valence-electron chi connectivity index (χ0n) is 11.7. The molecule has 0 spiro atoms. The lowest BCUT2D eigenvalue weighted by Gasteiger charge is -2.32. The number of hydrogen-bond donors (Lipinski definition) is 2. The number of carbonyl (C=O) groups excluding carboxylic acids is 1. The maximum absolute atomic E-state index is 12.4. The van der Waals surface area contributed by atoms with Crippen molar-refractivity contribution >= 4 is 17.5 Å². The second-order valence-electron chi connectivity index (χ2n) is 5.21. The van der Waals surface area contributed by atoms with Crippen molar-refractivity contribution in [2.75, 3.05) is 26.2 Å². The van der Waals surface area contributed by atoms with Crippen molar-refractivity contribution in [1.82, 2.24) is 10.2 Å². The van der Waals surface area contributed by atoms with Crippen LogP contribution in [0.1, 0.15) is 30.1 Å². The van der Waals surface area contributed by atoms with E-state index < -0.39 is 0 Å². The summed E-state index contributed by atoms with van der Waals surface area (Å²) in [5.41, 5.74) is 0.386. The molecule has 0 atom stereocenters. The maximum atomic E-state index is 12.4. The molecule has 1 heterocycles. The summed E-state index contributed by atoms with van der Waals surface area (Å²) in [5, 5.41) is 13.2. The molecule has 1 saturated heterocycles. The molecule has 110 valence electrons. The molecule has 0 aliphatic carbocycles. The number of piperidine rings is 1. The number of hydrogen-bond acceptors (Lipinski definition) is 3. The number of carbonyl (C=O) groups is 1. The third-order valence-corrected chi connectivity index (χ3v) is 4.09. The normalized spacial score (nSPS) is 16.4. The highest BCUT2D eigenvalue weighted by Crippen LogP contribution is 2.25. The first-order valence-electron chi connectivity index (χ1n) is 7.10. The molecule has 0 aromatic heterocycles. The van der Waals surface area contributed by atoms with Gasteiger partial charge in [0.05, 0.1) is 10.6 Å². The van der Waals surface area contributed by atoms with E-state index in [0.717, 1.165) is 39.0 Å². The van der Waals surface area contributed by atoms with Crippen molar-refractivity contribution in [3.05, 3.63) is 28.8 Å². The largest absolute Gasteiger partial charge is 0.508 e. The Kier molecular flexibility index (Phi) is 5.26. The van der Waals surface area contributed by atoms with Gasteiger partial charge in [0.2, 0.25) is 0 Å². The van der Waals surface area contributed by atoms with Crippen molar-refractivity contribution in [3.63, 3.8) is 0 Å². The molecule has 1 amide bonds. The fourth-order valence-corrected chi connectivity index (χ4v) is 2.73. The van der Waals surface area contributed by atoms with E-state index in [1.165, 1.54) is 12.1 Å². The zero-order valence-corrected chi connectivity index (χ0v) is 12.5. The molecule has 0 radical (unpaired) electrons. The van der Waals surface area contributed by atoms with Crippen LogP contribution in [0.15, 0.2) is 18.2 Å². The van der Waals surface area contributed by atoms with Gasteiger partial charge in [0.1, 0.15) is 5.75 Å². The Balaban J connectivity index is 1.96. The number of phenols is 1. The Bertz CT molecular complexity index is 471. The number of aromatic hydroxyl groups is 1. The molecule has 5 heteroatoms. The molecule has 1 aromatic carbocycles. The third kappa shape index (κ3) is 3.64. The van der Waals surface area contributed by atoms with Crippen LogP contribution in [0.5, 0.6) is 5.75 Å². The van der Waals surface area contributed by atoms with Gasteiger partial charge in [0.15, 0.2) is 0 Å². The van der Waals surface area contributed by atoms with E-state index in [4.69, 9.17) is 11.6 Å². The summed E-state index contributed by atoms with van der Waals surface area (Å²) in [4.78, 5) is 14.2. The Morgan fingerprint density at radius 3 is 2.80 bits per heavy atom. The highest BCUT2D eigenvalue weighted by Gasteiger charge is 2.24. The third-order valence-electron chi connectivity index (χ3n) is 3.77. The highest BCUT2D eigenvalue weighted by molar-refractivity contribution is 6.33. The molecule has 2 N–H and O–H groups in total. The highest BCUT2D eigenvalue weighted by atomic mass is 35.5. The average Bonchev–Trinajstić information content (AvgIpc) is 2.47. The van der Waals surface area contributed by atoms with Crippen LogP contribution in [-0.2, 0) is 0 Å². The number of benzene rings is 1. The summed E-state index contributed by atoms with van der Waals surface area (Å²) in [5.74, 6) is 0.617. The van der Waals surface area contributed by atoms with Crippen molar-refractivity contribution in [1.29, 1.82) is 0 Å². The van der Waals surface area contributed by atoms with Crippen LogP contribution in [0.2, 0.25) is 5.02 Å². The number of amides is 1. The van der Waals surface area contributed by atoms with Gasteiger partial charge in [-0.1, -0.05) is 18.5 Å². The molecule has 20 heavy (non-hydrogen) atoms. The van der Waals surface area contributed by atoms with Crippen molar-refractivity contribution < 1.29 is 9.90 Å². The average molecular weight is 297 g/mol. The topological polar surface area (TPSA) is 52.6 Å². The maximum Gasteiger partial charge on any atom is 0.255 e. The Labute approximate surface area is 124 Å². The summed E-state index contributed by atoms with van der Waals surface area (Å²) < 4.78 is 0. The monoisotopic (exact) mass is 296 g/mol. The van der Waals surface area contributed by atoms with E-state index in [1.54, 1.807) is 6.07 Å². The van der Waals surface area contributed by atoms with Gasteiger partial charge in [0.25, 0.3) is 5.91 Å². The summed E-state index contributed by atoms with van der Waals surface area (Å²) in [6, 6.07) is 4.49. The van der Waals surface area contributed by atoms with Gasteiger partial charge in [-0.3, -0.25) is 4.79 Å². The Morgan fingerprint density at radius 2 is 2.15 bits per heavy atom. The number of halogens is 1. The molecule has 1 aliphatic heterocycles. The van der Waals surface area contributed by atoms with E-state index in [2.05, 4.69) is 12.2 Å². The summed E-state index contributed by atoms with van der Waals surface area (Å²) in [6.45, 7) is 5.60. The Hall–Kier alpha value is -1.26. The molecule has 1 aliphatic rings. The van der Waals surface area contributed by atoms with Crippen LogP contribution >= 0.6 is 11.6 Å². The standard InChI is InChI=1S/C15H21ClN2O2/c1-2-17-10-11-5-7-18(8-6-11)15(20)13-9-12(19)3-4-14(13)16/h3-4,9,11,17,19H,2,5-8,10H2,1H3. The molecule has 2 rings (SSSR count).